The maximum absolute atomic E-state index is 13.2. The topological polar surface area (TPSA) is 192 Å². The SMILES string of the molecule is CC(C)(C)OC(=O)Nc1ccc(NC(=O)/C=C/C(=O)NCCCCCCNc2cccc3c2C(=O)N(C2CCC(=O)NC2=O)C3=O)cc1. The van der Waals surface area contributed by atoms with Gasteiger partial charge in [-0.2, -0.15) is 0 Å². The highest BCUT2D eigenvalue weighted by atomic mass is 16.6. The Kier molecular flexibility index (Phi) is 11.7. The Morgan fingerprint density at radius 2 is 1.50 bits per heavy atom. The van der Waals surface area contributed by atoms with Gasteiger partial charge in [-0.25, -0.2) is 4.79 Å². The fraction of sp³-hybridized carbons (Fsp3) is 0.382. The van der Waals surface area contributed by atoms with E-state index >= 15 is 0 Å². The molecular formula is C34H40N6O8. The molecule has 2 heterocycles. The van der Waals surface area contributed by atoms with Gasteiger partial charge in [0.2, 0.25) is 23.6 Å². The molecule has 1 unspecified atom stereocenters. The minimum absolute atomic E-state index is 0.0576. The van der Waals surface area contributed by atoms with Crippen molar-refractivity contribution < 1.29 is 38.3 Å². The van der Waals surface area contributed by atoms with Crippen LogP contribution in [0.5, 0.6) is 0 Å². The zero-order valence-corrected chi connectivity index (χ0v) is 27.1. The largest absolute Gasteiger partial charge is 0.444 e. The fourth-order valence-corrected chi connectivity index (χ4v) is 5.15. The van der Waals surface area contributed by atoms with Crippen molar-refractivity contribution in [3.05, 3.63) is 65.7 Å². The zero-order valence-electron chi connectivity index (χ0n) is 27.1. The molecule has 0 radical (unpaired) electrons. The Hall–Kier alpha value is -5.53. The molecule has 2 aliphatic rings. The van der Waals surface area contributed by atoms with Gasteiger partial charge in [-0.3, -0.25) is 44.3 Å². The number of hydrogen-bond donors (Lipinski definition) is 5. The molecular weight excluding hydrogens is 620 g/mol. The third-order valence-electron chi connectivity index (χ3n) is 7.37. The van der Waals surface area contributed by atoms with Crippen molar-refractivity contribution in [2.45, 2.75) is 70.9 Å². The first kappa shape index (κ1) is 35.3. The van der Waals surface area contributed by atoms with Gasteiger partial charge in [0.25, 0.3) is 11.8 Å². The molecule has 14 heteroatoms. The molecule has 14 nitrogen and oxygen atoms in total. The standard InChI is InChI=1S/C34H40N6O8/c1-34(2,3)48-33(47)38-22-13-11-21(12-14-22)37-27(42)18-17-26(41)36-20-7-5-4-6-19-35-24-10-8-9-23-29(24)32(46)40(31(23)45)25-15-16-28(43)39-30(25)44/h8-14,17-18,25,35H,4-7,15-16,19-20H2,1-3H3,(H,36,41)(H,37,42)(H,38,47)(H,39,43,44)/b18-17+. The van der Waals surface area contributed by atoms with Gasteiger partial charge < -0.3 is 20.7 Å². The lowest BCUT2D eigenvalue weighted by Crippen LogP contribution is -2.54. The van der Waals surface area contributed by atoms with Crippen molar-refractivity contribution in [2.24, 2.45) is 0 Å². The summed E-state index contributed by atoms with van der Waals surface area (Å²) in [6.07, 6.45) is 5.04. The molecule has 2 aromatic rings. The van der Waals surface area contributed by atoms with Gasteiger partial charge in [0.05, 0.1) is 11.1 Å². The highest BCUT2D eigenvalue weighted by Gasteiger charge is 2.45. The number of rotatable bonds is 13. The molecule has 0 aliphatic carbocycles. The minimum Gasteiger partial charge on any atom is -0.444 e. The summed E-state index contributed by atoms with van der Waals surface area (Å²) in [4.78, 5) is 87.1. The van der Waals surface area contributed by atoms with Crippen LogP contribution in [-0.4, -0.2) is 71.2 Å². The van der Waals surface area contributed by atoms with Crippen LogP contribution in [0.25, 0.3) is 0 Å². The Morgan fingerprint density at radius 3 is 2.17 bits per heavy atom. The predicted molar refractivity (Wildman–Crippen MR) is 177 cm³/mol. The van der Waals surface area contributed by atoms with Crippen molar-refractivity contribution in [1.82, 2.24) is 15.5 Å². The number of benzene rings is 2. The number of imide groups is 2. The molecule has 48 heavy (non-hydrogen) atoms. The van der Waals surface area contributed by atoms with Crippen LogP contribution >= 0.6 is 0 Å². The number of carbonyl (C=O) groups excluding carboxylic acids is 7. The predicted octanol–water partition coefficient (Wildman–Crippen LogP) is 3.72. The first-order chi connectivity index (χ1) is 22.8. The second kappa shape index (κ2) is 15.8. The van der Waals surface area contributed by atoms with Crippen LogP contribution in [0.4, 0.5) is 21.9 Å². The van der Waals surface area contributed by atoms with Crippen LogP contribution in [0.1, 0.15) is 80.0 Å². The second-order valence-corrected chi connectivity index (χ2v) is 12.3. The van der Waals surface area contributed by atoms with E-state index in [1.165, 1.54) is 0 Å². The van der Waals surface area contributed by atoms with Gasteiger partial charge in [0, 0.05) is 48.7 Å². The molecule has 0 saturated carbocycles. The van der Waals surface area contributed by atoms with E-state index in [1.807, 2.05) is 0 Å². The second-order valence-electron chi connectivity index (χ2n) is 12.3. The molecule has 4 rings (SSSR count). The molecule has 0 aromatic heterocycles. The summed E-state index contributed by atoms with van der Waals surface area (Å²) < 4.78 is 5.20. The lowest BCUT2D eigenvalue weighted by Gasteiger charge is -2.27. The molecule has 254 valence electrons. The molecule has 5 N–H and O–H groups in total. The Labute approximate surface area is 278 Å². The normalized spacial score (nSPS) is 16.0. The Bertz CT molecular complexity index is 1610. The number of carbonyl (C=O) groups is 7. The first-order valence-electron chi connectivity index (χ1n) is 15.8. The third kappa shape index (κ3) is 9.74. The fourth-order valence-electron chi connectivity index (χ4n) is 5.15. The first-order valence-corrected chi connectivity index (χ1v) is 15.8. The monoisotopic (exact) mass is 660 g/mol. The number of hydrogen-bond acceptors (Lipinski definition) is 9. The summed E-state index contributed by atoms with van der Waals surface area (Å²) >= 11 is 0. The van der Waals surface area contributed by atoms with Gasteiger partial charge in [-0.15, -0.1) is 0 Å². The molecule has 1 atom stereocenters. The summed E-state index contributed by atoms with van der Waals surface area (Å²) in [5.41, 5.74) is 1.32. The van der Waals surface area contributed by atoms with Crippen LogP contribution in [0.15, 0.2) is 54.6 Å². The molecule has 1 saturated heterocycles. The maximum atomic E-state index is 13.2. The molecule has 2 aliphatic heterocycles. The van der Waals surface area contributed by atoms with Gasteiger partial charge in [-0.1, -0.05) is 18.9 Å². The number of nitrogens with one attached hydrogen (secondary N) is 5. The Morgan fingerprint density at radius 1 is 0.854 bits per heavy atom. The molecule has 1 fully saturated rings. The highest BCUT2D eigenvalue weighted by molar-refractivity contribution is 6.25. The lowest BCUT2D eigenvalue weighted by atomic mass is 10.0. The van der Waals surface area contributed by atoms with Gasteiger partial charge >= 0.3 is 6.09 Å². The molecule has 0 bridgehead atoms. The van der Waals surface area contributed by atoms with Gasteiger partial charge in [0.15, 0.2) is 0 Å². The van der Waals surface area contributed by atoms with Crippen molar-refractivity contribution in [2.75, 3.05) is 29.0 Å². The number of unbranched alkanes of at least 4 members (excludes halogenated alkanes) is 3. The highest BCUT2D eigenvalue weighted by Crippen LogP contribution is 2.32. The van der Waals surface area contributed by atoms with Crippen LogP contribution < -0.4 is 26.6 Å². The van der Waals surface area contributed by atoms with Crippen molar-refractivity contribution >= 4 is 58.6 Å². The molecule has 2 aromatic carbocycles. The lowest BCUT2D eigenvalue weighted by molar-refractivity contribution is -0.136. The van der Waals surface area contributed by atoms with Crippen LogP contribution in [-0.2, 0) is 23.9 Å². The van der Waals surface area contributed by atoms with Crippen molar-refractivity contribution in [1.29, 1.82) is 0 Å². The average Bonchev–Trinajstić information content (AvgIpc) is 3.27. The van der Waals surface area contributed by atoms with Gasteiger partial charge in [0.1, 0.15) is 11.6 Å². The number of fused-ring (bicyclic) bond motifs is 1. The van der Waals surface area contributed by atoms with E-state index in [-0.39, 0.29) is 24.0 Å². The van der Waals surface area contributed by atoms with Gasteiger partial charge in [-0.05, 0) is 76.4 Å². The van der Waals surface area contributed by atoms with E-state index in [1.54, 1.807) is 63.2 Å². The summed E-state index contributed by atoms with van der Waals surface area (Å²) in [5, 5.41) is 13.4. The van der Waals surface area contributed by atoms with E-state index in [9.17, 15) is 33.6 Å². The smallest absolute Gasteiger partial charge is 0.412 e. The summed E-state index contributed by atoms with van der Waals surface area (Å²) in [6.45, 7) is 6.27. The van der Waals surface area contributed by atoms with E-state index in [4.69, 9.17) is 4.74 Å². The Balaban J connectivity index is 1.10. The minimum atomic E-state index is -1.02. The average molecular weight is 661 g/mol. The third-order valence-corrected chi connectivity index (χ3v) is 7.37. The summed E-state index contributed by atoms with van der Waals surface area (Å²) in [7, 11) is 0. The summed E-state index contributed by atoms with van der Waals surface area (Å²) in [6, 6.07) is 10.4. The van der Waals surface area contributed by atoms with E-state index in [2.05, 4.69) is 26.6 Å². The van der Waals surface area contributed by atoms with E-state index in [0.29, 0.717) is 30.2 Å². The van der Waals surface area contributed by atoms with E-state index < -0.39 is 53.2 Å². The number of nitrogens with zero attached hydrogens (tertiary/aromatic N) is 1. The molecule has 7 amide bonds. The summed E-state index contributed by atoms with van der Waals surface area (Å²) in [5.74, 6) is -3.06. The van der Waals surface area contributed by atoms with Crippen molar-refractivity contribution in [3.63, 3.8) is 0 Å². The number of amides is 7. The molecule has 0 spiro atoms. The zero-order chi connectivity index (χ0) is 34.8. The number of piperidine rings is 1. The van der Waals surface area contributed by atoms with Crippen LogP contribution in [0, 0.1) is 0 Å². The van der Waals surface area contributed by atoms with Crippen molar-refractivity contribution in [3.8, 4) is 0 Å². The number of ether oxygens (including phenoxy) is 1. The maximum Gasteiger partial charge on any atom is 0.412 e. The van der Waals surface area contributed by atoms with Crippen LogP contribution in [0.3, 0.4) is 0 Å². The number of anilines is 3. The van der Waals surface area contributed by atoms with Crippen LogP contribution in [0.2, 0.25) is 0 Å². The van der Waals surface area contributed by atoms with E-state index in [0.717, 1.165) is 42.7 Å². The quantitative estimate of drug-likeness (QED) is 0.121.